The van der Waals surface area contributed by atoms with E-state index in [1.807, 2.05) is 0 Å². The summed E-state index contributed by atoms with van der Waals surface area (Å²) in [4.78, 5) is 4.06. The van der Waals surface area contributed by atoms with E-state index in [1.165, 1.54) is 30.4 Å². The van der Waals surface area contributed by atoms with Crippen LogP contribution in [0.25, 0.3) is 0 Å². The Balaban J connectivity index is 2.35. The third-order valence-electron chi connectivity index (χ3n) is 2.55. The van der Waals surface area contributed by atoms with Gasteiger partial charge in [-0.05, 0) is 36.4 Å². The van der Waals surface area contributed by atoms with Crippen LogP contribution >= 0.6 is 0 Å². The first-order chi connectivity index (χ1) is 9.06. The van der Waals surface area contributed by atoms with Crippen molar-refractivity contribution in [2.45, 2.75) is 6.42 Å². The lowest BCUT2D eigenvalue weighted by molar-refractivity contribution is 0.618. The molecule has 0 radical (unpaired) electrons. The highest BCUT2D eigenvalue weighted by Crippen LogP contribution is 2.15. The highest BCUT2D eigenvalue weighted by molar-refractivity contribution is 5.99. The second-order valence-corrected chi connectivity index (χ2v) is 4.05. The first-order valence-electron chi connectivity index (χ1n) is 5.69. The summed E-state index contributed by atoms with van der Waals surface area (Å²) in [5, 5.41) is 0. The van der Waals surface area contributed by atoms with E-state index >= 15 is 0 Å². The van der Waals surface area contributed by atoms with Gasteiger partial charge in [0.1, 0.15) is 17.5 Å². The Morgan fingerprint density at radius 1 is 1.21 bits per heavy atom. The fraction of sp³-hybridized carbons (Fsp3) is 0.0714. The summed E-state index contributed by atoms with van der Waals surface area (Å²) in [6.07, 6.45) is 6.25. The van der Waals surface area contributed by atoms with Gasteiger partial charge in [0.2, 0.25) is 0 Å². The van der Waals surface area contributed by atoms with E-state index in [-0.39, 0.29) is 23.6 Å². The SMILES string of the molecule is NC(=NC1=CC=C(F)CC=C1)c1cc(N)ccc1F. The number of hydrogen-bond donors (Lipinski definition) is 2. The van der Waals surface area contributed by atoms with E-state index in [0.717, 1.165) is 0 Å². The van der Waals surface area contributed by atoms with Gasteiger partial charge >= 0.3 is 0 Å². The summed E-state index contributed by atoms with van der Waals surface area (Å²) < 4.78 is 26.6. The molecule has 5 heteroatoms. The van der Waals surface area contributed by atoms with Crippen molar-refractivity contribution in [2.24, 2.45) is 10.7 Å². The number of aliphatic imine (C=N–C) groups is 1. The third kappa shape index (κ3) is 3.28. The molecule has 4 N–H and O–H groups in total. The molecular formula is C14H13F2N3. The van der Waals surface area contributed by atoms with Crippen LogP contribution in [0, 0.1) is 5.82 Å². The van der Waals surface area contributed by atoms with E-state index < -0.39 is 5.82 Å². The molecule has 98 valence electrons. The minimum absolute atomic E-state index is 0.00333. The van der Waals surface area contributed by atoms with Gasteiger partial charge < -0.3 is 11.5 Å². The molecule has 0 spiro atoms. The topological polar surface area (TPSA) is 64.4 Å². The molecule has 0 aromatic heterocycles. The maximum atomic E-state index is 13.6. The quantitative estimate of drug-likeness (QED) is 0.488. The molecule has 19 heavy (non-hydrogen) atoms. The Hall–Kier alpha value is -2.43. The Bertz CT molecular complexity index is 613. The van der Waals surface area contributed by atoms with Crippen LogP contribution in [0.4, 0.5) is 14.5 Å². The molecule has 0 bridgehead atoms. The number of rotatable bonds is 2. The summed E-state index contributed by atoms with van der Waals surface area (Å²) in [6, 6.07) is 4.07. The maximum Gasteiger partial charge on any atom is 0.134 e. The molecule has 2 rings (SSSR count). The van der Waals surface area contributed by atoms with Crippen molar-refractivity contribution in [1.82, 2.24) is 0 Å². The van der Waals surface area contributed by atoms with E-state index in [0.29, 0.717) is 11.4 Å². The number of hydrogen-bond acceptors (Lipinski definition) is 2. The normalized spacial score (nSPS) is 15.8. The lowest BCUT2D eigenvalue weighted by atomic mass is 10.1. The van der Waals surface area contributed by atoms with E-state index in [9.17, 15) is 8.78 Å². The van der Waals surface area contributed by atoms with Crippen LogP contribution < -0.4 is 11.5 Å². The Labute approximate surface area is 109 Å². The number of halogens is 2. The number of benzene rings is 1. The maximum absolute atomic E-state index is 13.6. The molecule has 0 atom stereocenters. The predicted molar refractivity (Wildman–Crippen MR) is 72.6 cm³/mol. The molecule has 0 saturated heterocycles. The van der Waals surface area contributed by atoms with E-state index in [2.05, 4.69) is 4.99 Å². The van der Waals surface area contributed by atoms with Gasteiger partial charge in [-0.25, -0.2) is 13.8 Å². The standard InChI is InChI=1S/C14H13F2N3/c15-9-2-1-3-11(6-4-9)19-14(18)12-8-10(17)5-7-13(12)16/h1,3-8H,2,17H2,(H2,18,19). The molecule has 0 heterocycles. The molecule has 3 nitrogen and oxygen atoms in total. The third-order valence-corrected chi connectivity index (χ3v) is 2.55. The van der Waals surface area contributed by atoms with Crippen molar-refractivity contribution >= 4 is 11.5 Å². The molecule has 0 fully saturated rings. The van der Waals surface area contributed by atoms with Crippen molar-refractivity contribution in [3.63, 3.8) is 0 Å². The number of allylic oxidation sites excluding steroid dienone is 5. The lowest BCUT2D eigenvalue weighted by Gasteiger charge is -2.04. The van der Waals surface area contributed by atoms with Gasteiger partial charge in [-0.2, -0.15) is 0 Å². The van der Waals surface area contributed by atoms with Crippen molar-refractivity contribution in [2.75, 3.05) is 5.73 Å². The number of nitrogens with zero attached hydrogens (tertiary/aromatic N) is 1. The van der Waals surface area contributed by atoms with Crippen molar-refractivity contribution < 1.29 is 8.78 Å². The summed E-state index contributed by atoms with van der Waals surface area (Å²) in [6.45, 7) is 0. The largest absolute Gasteiger partial charge is 0.399 e. The Kier molecular flexibility index (Phi) is 3.75. The Morgan fingerprint density at radius 2 is 2.00 bits per heavy atom. The minimum atomic E-state index is -0.504. The van der Waals surface area contributed by atoms with Crippen LogP contribution in [0.1, 0.15) is 12.0 Å². The first-order valence-corrected chi connectivity index (χ1v) is 5.69. The zero-order chi connectivity index (χ0) is 13.8. The lowest BCUT2D eigenvalue weighted by Crippen LogP contribution is -2.15. The van der Waals surface area contributed by atoms with Gasteiger partial charge in [0.05, 0.1) is 11.3 Å². The van der Waals surface area contributed by atoms with Crippen LogP contribution in [-0.2, 0) is 0 Å². The summed E-state index contributed by atoms with van der Waals surface area (Å²) in [7, 11) is 0. The van der Waals surface area contributed by atoms with E-state index in [1.54, 1.807) is 12.2 Å². The zero-order valence-electron chi connectivity index (χ0n) is 10.1. The molecule has 1 aromatic rings. The van der Waals surface area contributed by atoms with E-state index in [4.69, 9.17) is 11.5 Å². The van der Waals surface area contributed by atoms with Crippen molar-refractivity contribution in [1.29, 1.82) is 0 Å². The average molecular weight is 261 g/mol. The van der Waals surface area contributed by atoms with Crippen LogP contribution in [0.5, 0.6) is 0 Å². The van der Waals surface area contributed by atoms with Crippen LogP contribution in [-0.4, -0.2) is 5.84 Å². The van der Waals surface area contributed by atoms with Crippen LogP contribution in [0.15, 0.2) is 59.0 Å². The fourth-order valence-electron chi connectivity index (χ4n) is 1.60. The predicted octanol–water partition coefficient (Wildman–Crippen LogP) is 2.81. The van der Waals surface area contributed by atoms with Gasteiger partial charge in [0, 0.05) is 12.1 Å². The number of anilines is 1. The number of amidine groups is 1. The highest BCUT2D eigenvalue weighted by Gasteiger charge is 2.07. The summed E-state index contributed by atoms with van der Waals surface area (Å²) in [5.41, 5.74) is 12.3. The second-order valence-electron chi connectivity index (χ2n) is 4.05. The van der Waals surface area contributed by atoms with Gasteiger partial charge in [-0.15, -0.1) is 0 Å². The molecular weight excluding hydrogens is 248 g/mol. The molecule has 1 aliphatic rings. The van der Waals surface area contributed by atoms with Crippen LogP contribution in [0.2, 0.25) is 0 Å². The average Bonchev–Trinajstić information content (AvgIpc) is 2.57. The summed E-state index contributed by atoms with van der Waals surface area (Å²) in [5.74, 6) is -0.776. The zero-order valence-corrected chi connectivity index (χ0v) is 10.1. The van der Waals surface area contributed by atoms with Crippen molar-refractivity contribution in [3.05, 3.63) is 65.4 Å². The smallest absolute Gasteiger partial charge is 0.134 e. The van der Waals surface area contributed by atoms with Crippen molar-refractivity contribution in [3.8, 4) is 0 Å². The molecule has 1 aromatic carbocycles. The first kappa shape index (κ1) is 13.0. The molecule has 0 saturated carbocycles. The molecule has 0 amide bonds. The number of nitrogen functional groups attached to an aromatic ring is 1. The molecule has 1 aliphatic carbocycles. The minimum Gasteiger partial charge on any atom is -0.399 e. The van der Waals surface area contributed by atoms with Crippen LogP contribution in [0.3, 0.4) is 0 Å². The van der Waals surface area contributed by atoms with Gasteiger partial charge in [0.15, 0.2) is 0 Å². The summed E-state index contributed by atoms with van der Waals surface area (Å²) >= 11 is 0. The fourth-order valence-corrected chi connectivity index (χ4v) is 1.60. The second kappa shape index (κ2) is 5.48. The molecule has 0 aliphatic heterocycles. The monoisotopic (exact) mass is 261 g/mol. The Morgan fingerprint density at radius 3 is 2.79 bits per heavy atom. The molecule has 0 unspecified atom stereocenters. The highest BCUT2D eigenvalue weighted by atomic mass is 19.1. The van der Waals surface area contributed by atoms with Gasteiger partial charge in [-0.3, -0.25) is 0 Å². The number of nitrogens with two attached hydrogens (primary N) is 2. The van der Waals surface area contributed by atoms with Gasteiger partial charge in [-0.1, -0.05) is 6.08 Å². The van der Waals surface area contributed by atoms with Gasteiger partial charge in [0.25, 0.3) is 0 Å².